The first-order valence-electron chi connectivity index (χ1n) is 10.6. The first-order chi connectivity index (χ1) is 15.2. The summed E-state index contributed by atoms with van der Waals surface area (Å²) in [5.41, 5.74) is 11.2. The lowest BCUT2D eigenvalue weighted by atomic mass is 9.69. The predicted octanol–water partition coefficient (Wildman–Crippen LogP) is 6.76. The lowest BCUT2D eigenvalue weighted by Crippen LogP contribution is -2.42. The Morgan fingerprint density at radius 1 is 1.34 bits per heavy atom. The van der Waals surface area contributed by atoms with Crippen molar-refractivity contribution in [3.05, 3.63) is 68.5 Å². The summed E-state index contributed by atoms with van der Waals surface area (Å²) in [4.78, 5) is 15.5. The number of anilines is 1. The van der Waals surface area contributed by atoms with Crippen molar-refractivity contribution in [2.45, 2.75) is 50.7 Å². The predicted molar refractivity (Wildman–Crippen MR) is 134 cm³/mol. The largest absolute Gasteiger partial charge is 0.384 e. The van der Waals surface area contributed by atoms with Crippen LogP contribution in [0.1, 0.15) is 50.7 Å². The number of hydrogen-bond acceptors (Lipinski definition) is 6. The van der Waals surface area contributed by atoms with E-state index in [0.717, 1.165) is 32.5 Å². The van der Waals surface area contributed by atoms with Crippen LogP contribution < -0.4 is 10.6 Å². The number of thioether (sulfide) groups is 1. The molecule has 0 bridgehead atoms. The SMILES string of the molecule is CCSc1sccc1[C@H]1C(C#N)=C(N)N(c2cccc(Cl)c2C)C2=C1C(=O)CC(C)(C)C2. The number of nitrogens with zero attached hydrogens (tertiary/aromatic N) is 2. The fraction of sp³-hybridized carbons (Fsp3) is 0.360. The summed E-state index contributed by atoms with van der Waals surface area (Å²) >= 11 is 9.83. The van der Waals surface area contributed by atoms with Crippen LogP contribution in [0.2, 0.25) is 5.02 Å². The number of benzene rings is 1. The Balaban J connectivity index is 2.02. The van der Waals surface area contributed by atoms with Crippen molar-refractivity contribution in [3.8, 4) is 6.07 Å². The Morgan fingerprint density at radius 3 is 2.78 bits per heavy atom. The first-order valence-corrected chi connectivity index (χ1v) is 12.9. The summed E-state index contributed by atoms with van der Waals surface area (Å²) in [7, 11) is 0. The average Bonchev–Trinajstić information content (AvgIpc) is 3.17. The standard InChI is InChI=1S/C25H26ClN3OS2/c1-5-31-24-15(9-10-32-24)21-16(13-27)23(28)29(18-8-6-7-17(26)14(18)2)19-11-25(3,4)12-20(30)22(19)21/h6-10,21H,5,11-12,28H2,1-4H3/t21-/m0/s1. The Morgan fingerprint density at radius 2 is 2.09 bits per heavy atom. The van der Waals surface area contributed by atoms with Crippen molar-refractivity contribution >= 4 is 46.2 Å². The van der Waals surface area contributed by atoms with E-state index in [1.54, 1.807) is 23.1 Å². The summed E-state index contributed by atoms with van der Waals surface area (Å²) in [6, 6.07) is 10.1. The fourth-order valence-corrected chi connectivity index (χ4v) is 6.94. The molecule has 4 rings (SSSR count). The summed E-state index contributed by atoms with van der Waals surface area (Å²) < 4.78 is 1.13. The van der Waals surface area contributed by atoms with Crippen molar-refractivity contribution in [3.63, 3.8) is 0 Å². The van der Waals surface area contributed by atoms with E-state index in [2.05, 4.69) is 26.8 Å². The monoisotopic (exact) mass is 483 g/mol. The van der Waals surface area contributed by atoms with Crippen molar-refractivity contribution in [2.24, 2.45) is 11.1 Å². The third-order valence-electron chi connectivity index (χ3n) is 6.11. The van der Waals surface area contributed by atoms with Gasteiger partial charge in [0.05, 0.1) is 27.5 Å². The topological polar surface area (TPSA) is 70.1 Å². The molecule has 0 fully saturated rings. The van der Waals surface area contributed by atoms with Gasteiger partial charge in [-0.25, -0.2) is 0 Å². The molecule has 1 aromatic heterocycles. The molecule has 1 aromatic carbocycles. The molecule has 166 valence electrons. The highest BCUT2D eigenvalue weighted by Gasteiger charge is 2.45. The van der Waals surface area contributed by atoms with Gasteiger partial charge in [0.2, 0.25) is 0 Å². The molecule has 0 radical (unpaired) electrons. The van der Waals surface area contributed by atoms with E-state index in [4.69, 9.17) is 17.3 Å². The Labute approximate surface area is 202 Å². The highest BCUT2D eigenvalue weighted by molar-refractivity contribution is 8.01. The molecule has 4 nitrogen and oxygen atoms in total. The van der Waals surface area contributed by atoms with Crippen molar-refractivity contribution < 1.29 is 4.79 Å². The molecule has 1 atom stereocenters. The van der Waals surface area contributed by atoms with Gasteiger partial charge in [0, 0.05) is 22.7 Å². The minimum Gasteiger partial charge on any atom is -0.384 e. The summed E-state index contributed by atoms with van der Waals surface area (Å²) in [6.07, 6.45) is 1.14. The number of nitriles is 1. The summed E-state index contributed by atoms with van der Waals surface area (Å²) in [5, 5.41) is 12.9. The Kier molecular flexibility index (Phi) is 6.19. The smallest absolute Gasteiger partial charge is 0.162 e. The van der Waals surface area contributed by atoms with Gasteiger partial charge < -0.3 is 5.73 Å². The highest BCUT2D eigenvalue weighted by Crippen LogP contribution is 2.52. The maximum Gasteiger partial charge on any atom is 0.162 e. The fourth-order valence-electron chi connectivity index (χ4n) is 4.70. The lowest BCUT2D eigenvalue weighted by Gasteiger charge is -2.44. The zero-order valence-electron chi connectivity index (χ0n) is 18.7. The van der Waals surface area contributed by atoms with Gasteiger partial charge in [-0.3, -0.25) is 9.69 Å². The Bertz CT molecular complexity index is 1200. The zero-order valence-corrected chi connectivity index (χ0v) is 21.0. The second-order valence-corrected chi connectivity index (χ2v) is 11.8. The Hall–Kier alpha value is -2.20. The molecule has 0 amide bonds. The van der Waals surface area contributed by atoms with E-state index >= 15 is 0 Å². The number of allylic oxidation sites excluding steroid dienone is 3. The molecule has 1 aliphatic heterocycles. The van der Waals surface area contributed by atoms with Gasteiger partial charge in [-0.2, -0.15) is 5.26 Å². The van der Waals surface area contributed by atoms with E-state index in [9.17, 15) is 10.1 Å². The molecule has 1 aliphatic carbocycles. The van der Waals surface area contributed by atoms with E-state index in [0.29, 0.717) is 34.8 Å². The lowest BCUT2D eigenvalue weighted by molar-refractivity contribution is -0.118. The molecule has 2 aromatic rings. The molecule has 7 heteroatoms. The van der Waals surface area contributed by atoms with Crippen LogP contribution in [0.3, 0.4) is 0 Å². The molecule has 32 heavy (non-hydrogen) atoms. The molecule has 0 unspecified atom stereocenters. The van der Waals surface area contributed by atoms with E-state index in [1.807, 2.05) is 41.5 Å². The van der Waals surface area contributed by atoms with Crippen LogP contribution in [0, 0.1) is 23.7 Å². The van der Waals surface area contributed by atoms with Crippen LogP contribution in [0.4, 0.5) is 5.69 Å². The molecule has 0 saturated heterocycles. The van der Waals surface area contributed by atoms with Crippen LogP contribution in [-0.2, 0) is 4.79 Å². The quantitative estimate of drug-likeness (QED) is 0.486. The number of carbonyl (C=O) groups is 1. The van der Waals surface area contributed by atoms with Crippen LogP contribution in [0.5, 0.6) is 0 Å². The van der Waals surface area contributed by atoms with Gasteiger partial charge in [-0.1, -0.05) is 38.4 Å². The number of thiophene rings is 1. The van der Waals surface area contributed by atoms with Gasteiger partial charge in [-0.15, -0.1) is 23.1 Å². The van der Waals surface area contributed by atoms with Crippen LogP contribution in [0.15, 0.2) is 56.5 Å². The van der Waals surface area contributed by atoms with Gasteiger partial charge in [0.25, 0.3) is 0 Å². The minimum atomic E-state index is -0.436. The van der Waals surface area contributed by atoms with E-state index < -0.39 is 5.92 Å². The summed E-state index contributed by atoms with van der Waals surface area (Å²) in [5.74, 6) is 0.951. The number of Topliss-reactive ketones (excluding diaryl/α,β-unsaturated/α-hetero) is 1. The number of rotatable bonds is 4. The highest BCUT2D eigenvalue weighted by atomic mass is 35.5. The number of hydrogen-bond donors (Lipinski definition) is 1. The van der Waals surface area contributed by atoms with E-state index in [-0.39, 0.29) is 11.2 Å². The van der Waals surface area contributed by atoms with E-state index in [1.165, 1.54) is 0 Å². The number of ketones is 1. The van der Waals surface area contributed by atoms with Crippen molar-refractivity contribution in [1.82, 2.24) is 0 Å². The maximum atomic E-state index is 13.6. The molecule has 2 heterocycles. The zero-order chi connectivity index (χ0) is 23.2. The van der Waals surface area contributed by atoms with Gasteiger partial charge in [0.15, 0.2) is 5.78 Å². The van der Waals surface area contributed by atoms with Crippen molar-refractivity contribution in [1.29, 1.82) is 5.26 Å². The van der Waals surface area contributed by atoms with Crippen LogP contribution in [-0.4, -0.2) is 11.5 Å². The molecular weight excluding hydrogens is 458 g/mol. The normalized spacial score (nSPS) is 20.4. The van der Waals surface area contributed by atoms with Gasteiger partial charge in [-0.05, 0) is 59.2 Å². The van der Waals surface area contributed by atoms with Crippen LogP contribution in [0.25, 0.3) is 0 Å². The van der Waals surface area contributed by atoms with Crippen molar-refractivity contribution in [2.75, 3.05) is 10.7 Å². The molecular formula is C25H26ClN3OS2. The third-order valence-corrected chi connectivity index (χ3v) is 8.67. The second kappa shape index (κ2) is 8.62. The second-order valence-electron chi connectivity index (χ2n) is 8.96. The van der Waals surface area contributed by atoms with Crippen LogP contribution >= 0.6 is 34.7 Å². The molecule has 0 saturated carbocycles. The number of carbonyl (C=O) groups excluding carboxylic acids is 1. The minimum absolute atomic E-state index is 0.0878. The number of halogens is 1. The maximum absolute atomic E-state index is 13.6. The number of nitrogens with two attached hydrogens (primary N) is 1. The molecule has 2 aliphatic rings. The summed E-state index contributed by atoms with van der Waals surface area (Å²) in [6.45, 7) is 8.26. The molecule has 0 spiro atoms. The average molecular weight is 484 g/mol. The first kappa shape index (κ1) is 23.0. The van der Waals surface area contributed by atoms with Gasteiger partial charge >= 0.3 is 0 Å². The van der Waals surface area contributed by atoms with Gasteiger partial charge in [0.1, 0.15) is 5.82 Å². The third kappa shape index (κ3) is 3.77. The molecule has 2 N–H and O–H groups in total.